The van der Waals surface area contributed by atoms with Gasteiger partial charge in [0, 0.05) is 5.56 Å². The fraction of sp³-hybridized carbons (Fsp3) is 0.143. The van der Waals surface area contributed by atoms with Crippen LogP contribution in [0.15, 0.2) is 36.4 Å². The fourth-order valence-corrected chi connectivity index (χ4v) is 1.63. The summed E-state index contributed by atoms with van der Waals surface area (Å²) in [5.74, 6) is -5.05. The van der Waals surface area contributed by atoms with Crippen molar-refractivity contribution < 1.29 is 27.4 Å². The molecule has 106 valence electrons. The second-order valence-corrected chi connectivity index (χ2v) is 4.02. The zero-order valence-corrected chi connectivity index (χ0v) is 10.1. The Kier molecular flexibility index (Phi) is 4.24. The summed E-state index contributed by atoms with van der Waals surface area (Å²) in [5.41, 5.74) is -0.318. The minimum atomic E-state index is -1.51. The van der Waals surface area contributed by atoms with Crippen LogP contribution in [-0.2, 0) is 0 Å². The highest BCUT2D eigenvalue weighted by Crippen LogP contribution is 2.23. The molecule has 0 aromatic heterocycles. The number of aliphatic hydroxyl groups is 1. The van der Waals surface area contributed by atoms with Gasteiger partial charge in [-0.3, -0.25) is 0 Å². The first-order valence-electron chi connectivity index (χ1n) is 5.69. The molecule has 0 saturated carbocycles. The van der Waals surface area contributed by atoms with E-state index < -0.39 is 41.7 Å². The van der Waals surface area contributed by atoms with Crippen molar-refractivity contribution in [1.82, 2.24) is 0 Å². The number of rotatable bonds is 4. The summed E-state index contributed by atoms with van der Waals surface area (Å²) in [6.45, 7) is -0.541. The van der Waals surface area contributed by atoms with E-state index in [-0.39, 0.29) is 5.56 Å². The smallest absolute Gasteiger partial charge is 0.200 e. The van der Waals surface area contributed by atoms with Crippen LogP contribution in [0.5, 0.6) is 5.75 Å². The molecule has 0 spiro atoms. The summed E-state index contributed by atoms with van der Waals surface area (Å²) in [7, 11) is 0. The Morgan fingerprint density at radius 3 is 2.20 bits per heavy atom. The topological polar surface area (TPSA) is 29.5 Å². The van der Waals surface area contributed by atoms with Gasteiger partial charge in [-0.1, -0.05) is 18.2 Å². The molecule has 0 aliphatic rings. The van der Waals surface area contributed by atoms with Crippen molar-refractivity contribution >= 4 is 0 Å². The fourth-order valence-electron chi connectivity index (χ4n) is 1.63. The summed E-state index contributed by atoms with van der Waals surface area (Å²) in [5, 5.41) is 9.70. The molecule has 2 nitrogen and oxygen atoms in total. The van der Waals surface area contributed by atoms with Crippen molar-refractivity contribution in [1.29, 1.82) is 0 Å². The highest BCUT2D eigenvalue weighted by molar-refractivity contribution is 5.26. The van der Waals surface area contributed by atoms with Gasteiger partial charge in [-0.25, -0.2) is 13.2 Å². The molecule has 2 aromatic carbocycles. The molecular formula is C14H10F4O2. The highest BCUT2D eigenvalue weighted by Gasteiger charge is 2.17. The van der Waals surface area contributed by atoms with Crippen LogP contribution in [0.2, 0.25) is 0 Å². The highest BCUT2D eigenvalue weighted by atomic mass is 19.2. The van der Waals surface area contributed by atoms with Gasteiger partial charge in [-0.2, -0.15) is 4.39 Å². The third kappa shape index (κ3) is 2.91. The Hall–Kier alpha value is -2.08. The zero-order chi connectivity index (χ0) is 14.7. The molecule has 2 rings (SSSR count). The molecule has 6 heteroatoms. The third-order valence-electron chi connectivity index (χ3n) is 2.65. The standard InChI is InChI=1S/C14H10F4O2/c15-9-4-1-3-8(13(9)17)11(19)7-20-12-6-2-5-10(16)14(12)18/h1-6,11,19H,7H2. The van der Waals surface area contributed by atoms with E-state index in [0.717, 1.165) is 18.2 Å². The Morgan fingerprint density at radius 1 is 0.900 bits per heavy atom. The van der Waals surface area contributed by atoms with Gasteiger partial charge in [0.2, 0.25) is 5.82 Å². The van der Waals surface area contributed by atoms with E-state index in [2.05, 4.69) is 0 Å². The normalized spacial score (nSPS) is 12.2. The van der Waals surface area contributed by atoms with Crippen LogP contribution in [0.4, 0.5) is 17.6 Å². The minimum Gasteiger partial charge on any atom is -0.487 e. The number of ether oxygens (including phenoxy) is 1. The van der Waals surface area contributed by atoms with E-state index >= 15 is 0 Å². The minimum absolute atomic E-state index is 0.318. The van der Waals surface area contributed by atoms with Gasteiger partial charge in [-0.05, 0) is 18.2 Å². The molecule has 1 unspecified atom stereocenters. The first-order chi connectivity index (χ1) is 9.50. The Balaban J connectivity index is 2.11. The second-order valence-electron chi connectivity index (χ2n) is 4.02. The van der Waals surface area contributed by atoms with Gasteiger partial charge in [0.15, 0.2) is 23.2 Å². The van der Waals surface area contributed by atoms with Crippen LogP contribution in [0, 0.1) is 23.3 Å². The lowest BCUT2D eigenvalue weighted by molar-refractivity contribution is 0.101. The number of hydrogen-bond acceptors (Lipinski definition) is 2. The molecule has 1 atom stereocenters. The van der Waals surface area contributed by atoms with E-state index in [0.29, 0.717) is 0 Å². The van der Waals surface area contributed by atoms with E-state index in [1.54, 1.807) is 0 Å². The lowest BCUT2D eigenvalue weighted by Gasteiger charge is -2.14. The molecule has 0 heterocycles. The molecule has 0 amide bonds. The van der Waals surface area contributed by atoms with E-state index in [9.17, 15) is 22.7 Å². The SMILES string of the molecule is OC(COc1cccc(F)c1F)c1cccc(F)c1F. The van der Waals surface area contributed by atoms with Gasteiger partial charge < -0.3 is 9.84 Å². The van der Waals surface area contributed by atoms with Gasteiger partial charge in [-0.15, -0.1) is 0 Å². The lowest BCUT2D eigenvalue weighted by Crippen LogP contribution is -2.12. The summed E-state index contributed by atoms with van der Waals surface area (Å²) >= 11 is 0. The van der Waals surface area contributed by atoms with Crippen LogP contribution in [0.25, 0.3) is 0 Å². The summed E-state index contributed by atoms with van der Waals surface area (Å²) < 4.78 is 57.5. The van der Waals surface area contributed by atoms with E-state index in [4.69, 9.17) is 4.74 Å². The molecule has 0 saturated heterocycles. The monoisotopic (exact) mass is 286 g/mol. The molecule has 0 bridgehead atoms. The predicted octanol–water partition coefficient (Wildman–Crippen LogP) is 3.36. The maximum atomic E-state index is 13.4. The van der Waals surface area contributed by atoms with Crippen molar-refractivity contribution in [2.24, 2.45) is 0 Å². The Morgan fingerprint density at radius 2 is 1.50 bits per heavy atom. The second kappa shape index (κ2) is 5.92. The van der Waals surface area contributed by atoms with Gasteiger partial charge in [0.05, 0.1) is 0 Å². The lowest BCUT2D eigenvalue weighted by atomic mass is 10.1. The molecule has 20 heavy (non-hydrogen) atoms. The Labute approximate surface area is 112 Å². The zero-order valence-electron chi connectivity index (χ0n) is 10.1. The van der Waals surface area contributed by atoms with Gasteiger partial charge >= 0.3 is 0 Å². The van der Waals surface area contributed by atoms with Crippen LogP contribution in [0.1, 0.15) is 11.7 Å². The molecule has 2 aromatic rings. The molecule has 0 aliphatic carbocycles. The van der Waals surface area contributed by atoms with Crippen molar-refractivity contribution in [3.05, 3.63) is 65.2 Å². The average Bonchev–Trinajstić information content (AvgIpc) is 2.43. The number of hydrogen-bond donors (Lipinski definition) is 1. The van der Waals surface area contributed by atoms with Crippen molar-refractivity contribution in [3.8, 4) is 5.75 Å². The molecular weight excluding hydrogens is 276 g/mol. The summed E-state index contributed by atoms with van der Waals surface area (Å²) in [6.07, 6.45) is -1.51. The summed E-state index contributed by atoms with van der Waals surface area (Å²) in [4.78, 5) is 0. The van der Waals surface area contributed by atoms with E-state index in [1.165, 1.54) is 18.2 Å². The molecule has 0 radical (unpaired) electrons. The Bertz CT molecular complexity index is 616. The van der Waals surface area contributed by atoms with Crippen LogP contribution < -0.4 is 4.74 Å². The average molecular weight is 286 g/mol. The van der Waals surface area contributed by atoms with Gasteiger partial charge in [0.1, 0.15) is 12.7 Å². The van der Waals surface area contributed by atoms with Gasteiger partial charge in [0.25, 0.3) is 0 Å². The third-order valence-corrected chi connectivity index (χ3v) is 2.65. The first kappa shape index (κ1) is 14.3. The molecule has 0 aliphatic heterocycles. The molecule has 1 N–H and O–H groups in total. The largest absolute Gasteiger partial charge is 0.487 e. The number of benzene rings is 2. The van der Waals surface area contributed by atoms with Crippen LogP contribution in [-0.4, -0.2) is 11.7 Å². The van der Waals surface area contributed by atoms with Crippen molar-refractivity contribution in [3.63, 3.8) is 0 Å². The maximum Gasteiger partial charge on any atom is 0.200 e. The quantitative estimate of drug-likeness (QED) is 0.873. The number of aliphatic hydroxyl groups excluding tert-OH is 1. The molecule has 0 fully saturated rings. The van der Waals surface area contributed by atoms with Crippen molar-refractivity contribution in [2.75, 3.05) is 6.61 Å². The maximum absolute atomic E-state index is 13.4. The van der Waals surface area contributed by atoms with Crippen molar-refractivity contribution in [2.45, 2.75) is 6.10 Å². The number of halogens is 4. The summed E-state index contributed by atoms with van der Waals surface area (Å²) in [6, 6.07) is 6.59. The van der Waals surface area contributed by atoms with E-state index in [1.807, 2.05) is 0 Å². The van der Waals surface area contributed by atoms with Crippen LogP contribution in [0.3, 0.4) is 0 Å². The van der Waals surface area contributed by atoms with Crippen LogP contribution >= 0.6 is 0 Å². The predicted molar refractivity (Wildman–Crippen MR) is 63.2 cm³/mol. The first-order valence-corrected chi connectivity index (χ1v) is 5.69.